The molecule has 2 aromatic carbocycles. The SMILES string of the molecule is COc1ccc(OC)c(/C=N\NC(=O)C(=O)Nc2ccccc2C(=O)NC2CCCCC2)c1. The van der Waals surface area contributed by atoms with Gasteiger partial charge >= 0.3 is 11.8 Å². The molecule has 3 N–H and O–H groups in total. The summed E-state index contributed by atoms with van der Waals surface area (Å²) >= 11 is 0. The molecule has 0 unspecified atom stereocenters. The van der Waals surface area contributed by atoms with Crippen molar-refractivity contribution in [3.8, 4) is 11.5 Å². The van der Waals surface area contributed by atoms with Crippen molar-refractivity contribution < 1.29 is 23.9 Å². The molecule has 1 aliphatic carbocycles. The minimum atomic E-state index is -0.976. The Morgan fingerprint density at radius 3 is 2.45 bits per heavy atom. The van der Waals surface area contributed by atoms with Gasteiger partial charge in [0.25, 0.3) is 5.91 Å². The third-order valence-corrected chi connectivity index (χ3v) is 5.37. The smallest absolute Gasteiger partial charge is 0.329 e. The van der Waals surface area contributed by atoms with Gasteiger partial charge in [-0.2, -0.15) is 5.10 Å². The van der Waals surface area contributed by atoms with Gasteiger partial charge in [0.2, 0.25) is 0 Å². The highest BCUT2D eigenvalue weighted by atomic mass is 16.5. The summed E-state index contributed by atoms with van der Waals surface area (Å²) in [5, 5.41) is 9.32. The van der Waals surface area contributed by atoms with E-state index in [1.807, 2.05) is 0 Å². The average Bonchev–Trinajstić information content (AvgIpc) is 2.84. The van der Waals surface area contributed by atoms with Gasteiger partial charge in [-0.15, -0.1) is 0 Å². The van der Waals surface area contributed by atoms with Crippen LogP contribution in [0.1, 0.15) is 48.0 Å². The van der Waals surface area contributed by atoms with Crippen molar-refractivity contribution in [2.75, 3.05) is 19.5 Å². The van der Waals surface area contributed by atoms with Crippen LogP contribution in [0, 0.1) is 0 Å². The number of carbonyl (C=O) groups excluding carboxylic acids is 3. The Bertz CT molecular complexity index is 1030. The van der Waals surface area contributed by atoms with Gasteiger partial charge in [0.05, 0.1) is 31.7 Å². The summed E-state index contributed by atoms with van der Waals surface area (Å²) in [7, 11) is 3.04. The lowest BCUT2D eigenvalue weighted by Crippen LogP contribution is -2.37. The van der Waals surface area contributed by atoms with Gasteiger partial charge in [-0.1, -0.05) is 31.4 Å². The number of rotatable bonds is 7. The molecule has 3 amide bonds. The maximum absolute atomic E-state index is 12.7. The lowest BCUT2D eigenvalue weighted by Gasteiger charge is -2.23. The second-order valence-corrected chi connectivity index (χ2v) is 7.62. The molecule has 0 saturated heterocycles. The summed E-state index contributed by atoms with van der Waals surface area (Å²) in [6, 6.07) is 11.8. The molecule has 0 aromatic heterocycles. The second-order valence-electron chi connectivity index (χ2n) is 7.62. The first-order chi connectivity index (χ1) is 16.0. The zero-order valence-corrected chi connectivity index (χ0v) is 18.7. The van der Waals surface area contributed by atoms with Gasteiger partial charge < -0.3 is 20.1 Å². The second kappa shape index (κ2) is 11.7. The lowest BCUT2D eigenvalue weighted by atomic mass is 9.95. The van der Waals surface area contributed by atoms with Gasteiger partial charge in [0.15, 0.2) is 0 Å². The Hall–Kier alpha value is -3.88. The summed E-state index contributed by atoms with van der Waals surface area (Å²) in [4.78, 5) is 37.3. The van der Waals surface area contributed by atoms with Gasteiger partial charge in [-0.3, -0.25) is 14.4 Å². The number of carbonyl (C=O) groups is 3. The number of ether oxygens (including phenoxy) is 2. The highest BCUT2D eigenvalue weighted by Crippen LogP contribution is 2.22. The number of benzene rings is 2. The van der Waals surface area contributed by atoms with E-state index in [0.29, 0.717) is 22.6 Å². The summed E-state index contributed by atoms with van der Waals surface area (Å²) in [5.74, 6) is -1.08. The van der Waals surface area contributed by atoms with Crippen LogP contribution in [0.25, 0.3) is 0 Å². The molecule has 0 atom stereocenters. The molecular formula is C24H28N4O5. The third-order valence-electron chi connectivity index (χ3n) is 5.37. The maximum Gasteiger partial charge on any atom is 0.329 e. The van der Waals surface area contributed by atoms with E-state index in [2.05, 4.69) is 21.2 Å². The molecule has 0 spiro atoms. The van der Waals surface area contributed by atoms with E-state index in [-0.39, 0.29) is 17.6 Å². The molecule has 1 aliphatic rings. The average molecular weight is 453 g/mol. The quantitative estimate of drug-likeness (QED) is 0.339. The molecule has 0 radical (unpaired) electrons. The van der Waals surface area contributed by atoms with Crippen LogP contribution in [0.5, 0.6) is 11.5 Å². The zero-order chi connectivity index (χ0) is 23.6. The number of hydrogen-bond acceptors (Lipinski definition) is 6. The number of hydrogen-bond donors (Lipinski definition) is 3. The normalized spacial score (nSPS) is 13.9. The van der Waals surface area contributed by atoms with Crippen LogP contribution in [-0.4, -0.2) is 44.2 Å². The molecule has 2 aromatic rings. The van der Waals surface area contributed by atoms with E-state index in [1.54, 1.807) is 42.5 Å². The molecule has 0 heterocycles. The minimum absolute atomic E-state index is 0.126. The van der Waals surface area contributed by atoms with Crippen molar-refractivity contribution in [2.45, 2.75) is 38.1 Å². The molecule has 0 aliphatic heterocycles. The fourth-order valence-electron chi connectivity index (χ4n) is 3.63. The molecular weight excluding hydrogens is 424 g/mol. The Kier molecular flexibility index (Phi) is 8.40. The topological polar surface area (TPSA) is 118 Å². The predicted molar refractivity (Wildman–Crippen MR) is 125 cm³/mol. The fourth-order valence-corrected chi connectivity index (χ4v) is 3.63. The molecule has 9 heteroatoms. The molecule has 9 nitrogen and oxygen atoms in total. The number of nitrogens with zero attached hydrogens (tertiary/aromatic N) is 1. The number of para-hydroxylation sites is 1. The van der Waals surface area contributed by atoms with Crippen molar-refractivity contribution in [3.63, 3.8) is 0 Å². The number of hydrazone groups is 1. The Labute approximate surface area is 192 Å². The van der Waals surface area contributed by atoms with Crippen molar-refractivity contribution in [1.29, 1.82) is 0 Å². The highest BCUT2D eigenvalue weighted by molar-refractivity contribution is 6.40. The fraction of sp³-hybridized carbons (Fsp3) is 0.333. The minimum Gasteiger partial charge on any atom is -0.497 e. The van der Waals surface area contributed by atoms with Gasteiger partial charge in [-0.05, 0) is 43.2 Å². The standard InChI is InChI=1S/C24H28N4O5/c1-32-18-12-13-21(33-2)16(14-18)15-25-28-24(31)23(30)27-20-11-7-6-10-19(20)22(29)26-17-8-4-3-5-9-17/h6-7,10-15,17H,3-5,8-9H2,1-2H3,(H,26,29)(H,27,30)(H,28,31)/b25-15-. The first kappa shape index (κ1) is 23.8. The largest absolute Gasteiger partial charge is 0.497 e. The molecule has 3 rings (SSSR count). The van der Waals surface area contributed by atoms with E-state index >= 15 is 0 Å². The third kappa shape index (κ3) is 6.55. The summed E-state index contributed by atoms with van der Waals surface area (Å²) < 4.78 is 10.4. The van der Waals surface area contributed by atoms with Crippen LogP contribution in [0.3, 0.4) is 0 Å². The van der Waals surface area contributed by atoms with Crippen LogP contribution in [0.15, 0.2) is 47.6 Å². The highest BCUT2D eigenvalue weighted by Gasteiger charge is 2.20. The number of amides is 3. The van der Waals surface area contributed by atoms with E-state index in [4.69, 9.17) is 9.47 Å². The van der Waals surface area contributed by atoms with Crippen LogP contribution in [0.2, 0.25) is 0 Å². The summed E-state index contributed by atoms with van der Waals surface area (Å²) in [6.07, 6.45) is 6.59. The Balaban J connectivity index is 1.61. The predicted octanol–water partition coefficient (Wildman–Crippen LogP) is 2.86. The van der Waals surface area contributed by atoms with Crippen molar-refractivity contribution in [3.05, 3.63) is 53.6 Å². The zero-order valence-electron chi connectivity index (χ0n) is 18.7. The van der Waals surface area contributed by atoms with E-state index in [9.17, 15) is 14.4 Å². The van der Waals surface area contributed by atoms with Crippen LogP contribution < -0.4 is 25.5 Å². The van der Waals surface area contributed by atoms with Crippen molar-refractivity contribution in [2.24, 2.45) is 5.10 Å². The summed E-state index contributed by atoms with van der Waals surface area (Å²) in [6.45, 7) is 0. The monoisotopic (exact) mass is 452 g/mol. The number of methoxy groups -OCH3 is 2. The van der Waals surface area contributed by atoms with Gasteiger partial charge in [0, 0.05) is 11.6 Å². The van der Waals surface area contributed by atoms with Crippen LogP contribution in [-0.2, 0) is 9.59 Å². The summed E-state index contributed by atoms with van der Waals surface area (Å²) in [5.41, 5.74) is 3.29. The Morgan fingerprint density at radius 2 is 1.73 bits per heavy atom. The molecule has 174 valence electrons. The molecule has 33 heavy (non-hydrogen) atoms. The van der Waals surface area contributed by atoms with Crippen molar-refractivity contribution in [1.82, 2.24) is 10.7 Å². The lowest BCUT2D eigenvalue weighted by molar-refractivity contribution is -0.136. The van der Waals surface area contributed by atoms with Gasteiger partial charge in [-0.25, -0.2) is 5.43 Å². The van der Waals surface area contributed by atoms with Gasteiger partial charge in [0.1, 0.15) is 11.5 Å². The first-order valence-electron chi connectivity index (χ1n) is 10.8. The molecule has 0 bridgehead atoms. The van der Waals surface area contributed by atoms with Crippen LogP contribution in [0.4, 0.5) is 5.69 Å². The molecule has 1 saturated carbocycles. The maximum atomic E-state index is 12.7. The number of anilines is 1. The van der Waals surface area contributed by atoms with E-state index in [1.165, 1.54) is 26.9 Å². The van der Waals surface area contributed by atoms with Crippen molar-refractivity contribution >= 4 is 29.6 Å². The van der Waals surface area contributed by atoms with E-state index < -0.39 is 11.8 Å². The molecule has 1 fully saturated rings. The Morgan fingerprint density at radius 1 is 0.970 bits per heavy atom. The first-order valence-corrected chi connectivity index (χ1v) is 10.8. The van der Waals surface area contributed by atoms with Crippen LogP contribution >= 0.6 is 0 Å². The number of nitrogens with one attached hydrogen (secondary N) is 3. The van der Waals surface area contributed by atoms with E-state index in [0.717, 1.165) is 25.7 Å².